The minimum atomic E-state index is -4.11. The van der Waals surface area contributed by atoms with E-state index < -0.39 is 18.6 Å². The monoisotopic (exact) mass is 209 g/mol. The number of thiophene rings is 1. The molecule has 0 aliphatic carbocycles. The van der Waals surface area contributed by atoms with Crippen molar-refractivity contribution in [2.24, 2.45) is 0 Å². The summed E-state index contributed by atoms with van der Waals surface area (Å²) in [5, 5.41) is 4.43. The lowest BCUT2D eigenvalue weighted by atomic mass is 10.2. The van der Waals surface area contributed by atoms with Gasteiger partial charge in [-0.05, 0) is 18.5 Å². The van der Waals surface area contributed by atoms with Crippen LogP contribution in [0.1, 0.15) is 17.3 Å². The largest absolute Gasteiger partial charge is 0.390 e. The van der Waals surface area contributed by atoms with Gasteiger partial charge in [0, 0.05) is 10.9 Å². The van der Waals surface area contributed by atoms with E-state index in [1.165, 1.54) is 18.4 Å². The summed E-state index contributed by atoms with van der Waals surface area (Å²) in [6.07, 6.45) is -4.93. The van der Waals surface area contributed by atoms with Crippen molar-refractivity contribution in [2.75, 3.05) is 7.05 Å². The van der Waals surface area contributed by atoms with Gasteiger partial charge >= 0.3 is 6.18 Å². The standard InChI is InChI=1S/C8H10F3NS/c1-12-6(5-8(9,10)11)7-3-2-4-13-7/h2-4,6,12H,5H2,1H3. The van der Waals surface area contributed by atoms with Crippen molar-refractivity contribution in [2.45, 2.75) is 18.6 Å². The maximum atomic E-state index is 12.0. The van der Waals surface area contributed by atoms with Gasteiger partial charge in [-0.1, -0.05) is 6.07 Å². The second-order valence-corrected chi connectivity index (χ2v) is 3.66. The zero-order valence-corrected chi connectivity index (χ0v) is 7.88. The lowest BCUT2D eigenvalue weighted by Gasteiger charge is -2.16. The zero-order valence-electron chi connectivity index (χ0n) is 7.06. The van der Waals surface area contributed by atoms with Gasteiger partial charge in [-0.15, -0.1) is 11.3 Å². The van der Waals surface area contributed by atoms with Crippen molar-refractivity contribution >= 4 is 11.3 Å². The molecule has 1 unspecified atom stereocenters. The number of alkyl halides is 3. The molecule has 0 bridgehead atoms. The summed E-state index contributed by atoms with van der Waals surface area (Å²) < 4.78 is 36.1. The highest BCUT2D eigenvalue weighted by molar-refractivity contribution is 7.10. The summed E-state index contributed by atoms with van der Waals surface area (Å²) in [6, 6.07) is 2.85. The highest BCUT2D eigenvalue weighted by atomic mass is 32.1. The van der Waals surface area contributed by atoms with E-state index in [-0.39, 0.29) is 0 Å². The molecule has 1 aromatic rings. The first-order chi connectivity index (χ1) is 6.03. The first-order valence-electron chi connectivity index (χ1n) is 3.80. The minimum absolute atomic E-state index is 0.611. The smallest absolute Gasteiger partial charge is 0.312 e. The van der Waals surface area contributed by atoms with E-state index in [1.807, 2.05) is 0 Å². The summed E-state index contributed by atoms with van der Waals surface area (Å²) in [7, 11) is 1.54. The van der Waals surface area contributed by atoms with Crippen molar-refractivity contribution in [1.82, 2.24) is 5.32 Å². The van der Waals surface area contributed by atoms with Crippen LogP contribution in [-0.4, -0.2) is 13.2 Å². The predicted octanol–water partition coefficient (Wildman–Crippen LogP) is 2.96. The Morgan fingerprint density at radius 3 is 2.62 bits per heavy atom. The third-order valence-corrected chi connectivity index (χ3v) is 2.66. The van der Waals surface area contributed by atoms with Crippen molar-refractivity contribution in [3.05, 3.63) is 22.4 Å². The Kier molecular flexibility index (Phi) is 3.33. The molecule has 74 valence electrons. The van der Waals surface area contributed by atoms with Crippen LogP contribution in [0.3, 0.4) is 0 Å². The van der Waals surface area contributed by atoms with Gasteiger partial charge in [-0.2, -0.15) is 13.2 Å². The van der Waals surface area contributed by atoms with E-state index in [4.69, 9.17) is 0 Å². The van der Waals surface area contributed by atoms with Crippen LogP contribution in [0.5, 0.6) is 0 Å². The summed E-state index contributed by atoms with van der Waals surface area (Å²) in [6.45, 7) is 0. The Bertz CT molecular complexity index is 242. The van der Waals surface area contributed by atoms with Crippen molar-refractivity contribution in [3.63, 3.8) is 0 Å². The number of hydrogen-bond acceptors (Lipinski definition) is 2. The molecule has 1 nitrogen and oxygen atoms in total. The Morgan fingerprint density at radius 2 is 2.23 bits per heavy atom. The van der Waals surface area contributed by atoms with Gasteiger partial charge in [0.1, 0.15) is 0 Å². The van der Waals surface area contributed by atoms with Gasteiger partial charge in [0.2, 0.25) is 0 Å². The van der Waals surface area contributed by atoms with Crippen LogP contribution < -0.4 is 5.32 Å². The maximum Gasteiger partial charge on any atom is 0.390 e. The van der Waals surface area contributed by atoms with Gasteiger partial charge in [0.15, 0.2) is 0 Å². The van der Waals surface area contributed by atoms with E-state index >= 15 is 0 Å². The summed E-state index contributed by atoms with van der Waals surface area (Å²) in [5.41, 5.74) is 0. The summed E-state index contributed by atoms with van der Waals surface area (Å²) in [5.74, 6) is 0. The SMILES string of the molecule is CNC(CC(F)(F)F)c1cccs1. The van der Waals surface area contributed by atoms with E-state index in [9.17, 15) is 13.2 Å². The van der Waals surface area contributed by atoms with Crippen LogP contribution in [0.25, 0.3) is 0 Å². The highest BCUT2D eigenvalue weighted by Crippen LogP contribution is 2.31. The van der Waals surface area contributed by atoms with E-state index in [1.54, 1.807) is 17.5 Å². The highest BCUT2D eigenvalue weighted by Gasteiger charge is 2.32. The number of rotatable bonds is 3. The molecule has 1 N–H and O–H groups in total. The summed E-state index contributed by atoms with van der Waals surface area (Å²) in [4.78, 5) is 0.722. The molecule has 0 radical (unpaired) electrons. The fraction of sp³-hybridized carbons (Fsp3) is 0.500. The molecule has 5 heteroatoms. The molecular weight excluding hydrogens is 199 g/mol. The van der Waals surface area contributed by atoms with Gasteiger partial charge in [-0.25, -0.2) is 0 Å². The molecule has 0 fully saturated rings. The molecule has 1 aromatic heterocycles. The second kappa shape index (κ2) is 4.11. The van der Waals surface area contributed by atoms with Crippen molar-refractivity contribution in [3.8, 4) is 0 Å². The Morgan fingerprint density at radius 1 is 1.54 bits per heavy atom. The predicted molar refractivity (Wildman–Crippen MR) is 46.8 cm³/mol. The third-order valence-electron chi connectivity index (χ3n) is 1.67. The quantitative estimate of drug-likeness (QED) is 0.807. The average Bonchev–Trinajstić information content (AvgIpc) is 2.50. The van der Waals surface area contributed by atoms with Crippen LogP contribution in [0.15, 0.2) is 17.5 Å². The number of nitrogens with one attached hydrogen (secondary N) is 1. The van der Waals surface area contributed by atoms with Gasteiger partial charge in [0.05, 0.1) is 6.42 Å². The van der Waals surface area contributed by atoms with Crippen LogP contribution in [0.4, 0.5) is 13.2 Å². The zero-order chi connectivity index (χ0) is 9.90. The molecule has 0 aliphatic rings. The molecule has 0 saturated heterocycles. The van der Waals surface area contributed by atoms with E-state index in [0.717, 1.165) is 4.88 Å². The van der Waals surface area contributed by atoms with Crippen LogP contribution in [0.2, 0.25) is 0 Å². The minimum Gasteiger partial charge on any atom is -0.312 e. The van der Waals surface area contributed by atoms with Gasteiger partial charge < -0.3 is 5.32 Å². The van der Waals surface area contributed by atoms with Crippen molar-refractivity contribution in [1.29, 1.82) is 0 Å². The molecule has 1 heterocycles. The van der Waals surface area contributed by atoms with Crippen LogP contribution in [0, 0.1) is 0 Å². The number of halogens is 3. The molecule has 13 heavy (non-hydrogen) atoms. The fourth-order valence-corrected chi connectivity index (χ4v) is 1.90. The Labute approximate surface area is 78.6 Å². The molecule has 0 saturated carbocycles. The molecule has 1 rings (SSSR count). The molecule has 0 aliphatic heterocycles. The lowest BCUT2D eigenvalue weighted by Crippen LogP contribution is -2.22. The number of hydrogen-bond donors (Lipinski definition) is 1. The average molecular weight is 209 g/mol. The van der Waals surface area contributed by atoms with E-state index in [2.05, 4.69) is 5.32 Å². The third kappa shape index (κ3) is 3.36. The maximum absolute atomic E-state index is 12.0. The van der Waals surface area contributed by atoms with Gasteiger partial charge in [0.25, 0.3) is 0 Å². The molecular formula is C8H10F3NS. The first-order valence-corrected chi connectivity index (χ1v) is 4.68. The summed E-state index contributed by atoms with van der Waals surface area (Å²) >= 11 is 1.33. The molecule has 0 aromatic carbocycles. The Balaban J connectivity index is 2.64. The first kappa shape index (κ1) is 10.5. The lowest BCUT2D eigenvalue weighted by molar-refractivity contribution is -0.140. The normalized spacial score (nSPS) is 14.5. The van der Waals surface area contributed by atoms with E-state index in [0.29, 0.717) is 0 Å². The fourth-order valence-electron chi connectivity index (χ4n) is 1.07. The topological polar surface area (TPSA) is 12.0 Å². The molecule has 0 spiro atoms. The van der Waals surface area contributed by atoms with Crippen LogP contribution >= 0.6 is 11.3 Å². The second-order valence-electron chi connectivity index (χ2n) is 2.68. The molecule has 0 amide bonds. The Hall–Kier alpha value is -0.550. The molecule has 1 atom stereocenters. The van der Waals surface area contributed by atoms with Gasteiger partial charge in [-0.3, -0.25) is 0 Å². The van der Waals surface area contributed by atoms with Crippen molar-refractivity contribution < 1.29 is 13.2 Å². The van der Waals surface area contributed by atoms with Crippen LogP contribution in [-0.2, 0) is 0 Å².